The van der Waals surface area contributed by atoms with E-state index >= 15 is 0 Å². The fourth-order valence-corrected chi connectivity index (χ4v) is 3.63. The smallest absolute Gasteiger partial charge is 0.121 e. The Morgan fingerprint density at radius 3 is 2.68 bits per heavy atom. The second kappa shape index (κ2) is 6.24. The number of piperidine rings is 1. The highest BCUT2D eigenvalue weighted by atomic mass is 16.3. The van der Waals surface area contributed by atoms with E-state index in [1.54, 1.807) is 6.20 Å². The summed E-state index contributed by atoms with van der Waals surface area (Å²) < 4.78 is 0. The number of fused-ring (bicyclic) bond motifs is 1. The Labute approximate surface area is 147 Å². The quantitative estimate of drug-likeness (QED) is 0.771. The summed E-state index contributed by atoms with van der Waals surface area (Å²) in [4.78, 5) is 14.9. The van der Waals surface area contributed by atoms with E-state index in [1.165, 1.54) is 11.1 Å². The van der Waals surface area contributed by atoms with Crippen LogP contribution in [-0.4, -0.2) is 38.0 Å². The molecule has 0 saturated carbocycles. The number of likely N-dealkylation sites (tertiary alicyclic amines) is 1. The van der Waals surface area contributed by atoms with Gasteiger partial charge in [0.25, 0.3) is 0 Å². The first kappa shape index (κ1) is 16.2. The Morgan fingerprint density at radius 1 is 1.16 bits per heavy atom. The van der Waals surface area contributed by atoms with Gasteiger partial charge in [-0.25, -0.2) is 4.98 Å². The zero-order valence-electron chi connectivity index (χ0n) is 14.8. The topological polar surface area (TPSA) is 65.0 Å². The molecule has 0 amide bonds. The second-order valence-corrected chi connectivity index (χ2v) is 7.11. The van der Waals surface area contributed by atoms with Gasteiger partial charge in [0.2, 0.25) is 0 Å². The van der Waals surface area contributed by atoms with Crippen LogP contribution in [0.1, 0.15) is 35.5 Å². The molecule has 1 aromatic carbocycles. The molecule has 1 aliphatic rings. The van der Waals surface area contributed by atoms with Crippen molar-refractivity contribution in [1.82, 2.24) is 19.9 Å². The van der Waals surface area contributed by atoms with Crippen LogP contribution in [0.3, 0.4) is 0 Å². The van der Waals surface area contributed by atoms with Crippen molar-refractivity contribution in [2.45, 2.75) is 38.8 Å². The van der Waals surface area contributed by atoms with E-state index in [2.05, 4.69) is 40.8 Å². The van der Waals surface area contributed by atoms with E-state index in [4.69, 9.17) is 4.98 Å². The van der Waals surface area contributed by atoms with E-state index in [-0.39, 0.29) is 0 Å². The van der Waals surface area contributed by atoms with Crippen LogP contribution in [0.4, 0.5) is 0 Å². The Kier molecular flexibility index (Phi) is 4.06. The number of imidazole rings is 1. The molecule has 130 valence electrons. The summed E-state index contributed by atoms with van der Waals surface area (Å²) in [5, 5.41) is 10.9. The first-order chi connectivity index (χ1) is 12.0. The van der Waals surface area contributed by atoms with Gasteiger partial charge in [0, 0.05) is 19.3 Å². The lowest BCUT2D eigenvalue weighted by Crippen LogP contribution is -2.42. The molecule has 25 heavy (non-hydrogen) atoms. The van der Waals surface area contributed by atoms with Crippen molar-refractivity contribution in [3.05, 3.63) is 59.2 Å². The number of nitrogens with zero attached hydrogens (tertiary/aromatic N) is 3. The minimum atomic E-state index is -0.806. The van der Waals surface area contributed by atoms with Crippen LogP contribution in [0.5, 0.6) is 0 Å². The molecule has 3 heterocycles. The fraction of sp³-hybridized carbons (Fsp3) is 0.400. The van der Waals surface area contributed by atoms with Crippen molar-refractivity contribution in [2.24, 2.45) is 0 Å². The monoisotopic (exact) mass is 336 g/mol. The average Bonchev–Trinajstić information content (AvgIpc) is 3.05. The highest BCUT2D eigenvalue weighted by Crippen LogP contribution is 2.32. The highest BCUT2D eigenvalue weighted by molar-refractivity contribution is 5.79. The number of aryl methyl sites for hydroxylation is 2. The maximum Gasteiger partial charge on any atom is 0.121 e. The van der Waals surface area contributed by atoms with Crippen molar-refractivity contribution in [3.8, 4) is 0 Å². The normalized spacial score (nSPS) is 17.9. The lowest BCUT2D eigenvalue weighted by molar-refractivity contribution is -0.0315. The van der Waals surface area contributed by atoms with E-state index < -0.39 is 5.60 Å². The number of benzene rings is 1. The zero-order valence-corrected chi connectivity index (χ0v) is 14.8. The number of H-pyrrole nitrogens is 1. The highest BCUT2D eigenvalue weighted by Gasteiger charge is 2.35. The summed E-state index contributed by atoms with van der Waals surface area (Å²) in [6.45, 7) is 6.69. The molecule has 0 spiro atoms. The predicted molar refractivity (Wildman–Crippen MR) is 98.2 cm³/mol. The number of aromatic amines is 1. The van der Waals surface area contributed by atoms with Gasteiger partial charge in [-0.15, -0.1) is 0 Å². The Balaban J connectivity index is 1.46. The van der Waals surface area contributed by atoms with Crippen molar-refractivity contribution < 1.29 is 5.11 Å². The Bertz CT molecular complexity index is 879. The minimum Gasteiger partial charge on any atom is -0.383 e. The molecular formula is C20H24N4O. The molecule has 2 N–H and O–H groups in total. The number of aliphatic hydroxyl groups is 1. The van der Waals surface area contributed by atoms with Crippen LogP contribution in [0.25, 0.3) is 11.0 Å². The van der Waals surface area contributed by atoms with E-state index in [9.17, 15) is 5.11 Å². The number of nitrogens with one attached hydrogen (secondary N) is 1. The number of pyridine rings is 1. The Hall–Kier alpha value is -2.24. The number of hydrogen-bond donors (Lipinski definition) is 2. The van der Waals surface area contributed by atoms with Crippen LogP contribution < -0.4 is 0 Å². The van der Waals surface area contributed by atoms with Gasteiger partial charge in [0.1, 0.15) is 11.4 Å². The SMILES string of the molecule is Cc1ccc2[nH]c(CN3CCC(O)(c4ccccn4)CC3)nc2c1C. The van der Waals surface area contributed by atoms with Gasteiger partial charge in [-0.05, 0) is 56.0 Å². The van der Waals surface area contributed by atoms with Gasteiger partial charge in [-0.2, -0.15) is 0 Å². The molecule has 0 aliphatic carbocycles. The van der Waals surface area contributed by atoms with Crippen LogP contribution >= 0.6 is 0 Å². The standard InChI is InChI=1S/C20H24N4O/c1-14-6-7-16-19(15(14)2)23-18(22-16)13-24-11-8-20(25,9-12-24)17-5-3-4-10-21-17/h3-7,10,25H,8-9,11-13H2,1-2H3,(H,22,23). The van der Waals surface area contributed by atoms with Gasteiger partial charge < -0.3 is 10.1 Å². The summed E-state index contributed by atoms with van der Waals surface area (Å²) in [5.41, 5.74) is 4.65. The lowest BCUT2D eigenvalue weighted by Gasteiger charge is -2.37. The van der Waals surface area contributed by atoms with Crippen LogP contribution in [0.15, 0.2) is 36.5 Å². The largest absolute Gasteiger partial charge is 0.383 e. The van der Waals surface area contributed by atoms with E-state index in [0.717, 1.165) is 42.2 Å². The van der Waals surface area contributed by atoms with Gasteiger partial charge in [0.05, 0.1) is 23.3 Å². The van der Waals surface area contributed by atoms with Crippen molar-refractivity contribution in [2.75, 3.05) is 13.1 Å². The van der Waals surface area contributed by atoms with Gasteiger partial charge in [0.15, 0.2) is 0 Å². The summed E-state index contributed by atoms with van der Waals surface area (Å²) in [6, 6.07) is 9.97. The third-order valence-electron chi connectivity index (χ3n) is 5.43. The molecule has 1 fully saturated rings. The van der Waals surface area contributed by atoms with Crippen molar-refractivity contribution in [1.29, 1.82) is 0 Å². The third-order valence-corrected chi connectivity index (χ3v) is 5.43. The van der Waals surface area contributed by atoms with Crippen LogP contribution in [-0.2, 0) is 12.1 Å². The number of aromatic nitrogens is 3. The lowest BCUT2D eigenvalue weighted by atomic mass is 9.88. The van der Waals surface area contributed by atoms with Crippen LogP contribution in [0, 0.1) is 13.8 Å². The fourth-order valence-electron chi connectivity index (χ4n) is 3.63. The second-order valence-electron chi connectivity index (χ2n) is 7.11. The molecule has 5 heteroatoms. The van der Waals surface area contributed by atoms with Gasteiger partial charge >= 0.3 is 0 Å². The predicted octanol–water partition coefficient (Wildman–Crippen LogP) is 3.06. The molecule has 0 radical (unpaired) electrons. The molecular weight excluding hydrogens is 312 g/mol. The third kappa shape index (κ3) is 3.05. The first-order valence-electron chi connectivity index (χ1n) is 8.86. The summed E-state index contributed by atoms with van der Waals surface area (Å²) in [5.74, 6) is 0.993. The van der Waals surface area contributed by atoms with Crippen LogP contribution in [0.2, 0.25) is 0 Å². The van der Waals surface area contributed by atoms with Crippen molar-refractivity contribution in [3.63, 3.8) is 0 Å². The molecule has 1 aliphatic heterocycles. The molecule has 0 bridgehead atoms. The number of hydrogen-bond acceptors (Lipinski definition) is 4. The summed E-state index contributed by atoms with van der Waals surface area (Å²) in [6.07, 6.45) is 3.14. The molecule has 4 rings (SSSR count). The summed E-state index contributed by atoms with van der Waals surface area (Å²) in [7, 11) is 0. The molecule has 2 aromatic heterocycles. The van der Waals surface area contributed by atoms with E-state index in [0.29, 0.717) is 12.8 Å². The maximum absolute atomic E-state index is 10.9. The number of rotatable bonds is 3. The maximum atomic E-state index is 10.9. The molecule has 0 atom stereocenters. The molecule has 3 aromatic rings. The average molecular weight is 336 g/mol. The molecule has 0 unspecified atom stereocenters. The van der Waals surface area contributed by atoms with Crippen molar-refractivity contribution >= 4 is 11.0 Å². The van der Waals surface area contributed by atoms with Gasteiger partial charge in [-0.1, -0.05) is 12.1 Å². The molecule has 1 saturated heterocycles. The van der Waals surface area contributed by atoms with E-state index in [1.807, 2.05) is 18.2 Å². The van der Waals surface area contributed by atoms with Gasteiger partial charge in [-0.3, -0.25) is 9.88 Å². The minimum absolute atomic E-state index is 0.697. The zero-order chi connectivity index (χ0) is 17.4. The first-order valence-corrected chi connectivity index (χ1v) is 8.86. The molecule has 5 nitrogen and oxygen atoms in total. The Morgan fingerprint density at radius 2 is 1.96 bits per heavy atom. The summed E-state index contributed by atoms with van der Waals surface area (Å²) >= 11 is 0.